The maximum absolute atomic E-state index is 13.4. The van der Waals surface area contributed by atoms with Crippen molar-refractivity contribution in [1.82, 2.24) is 24.6 Å². The van der Waals surface area contributed by atoms with Gasteiger partial charge in [0.15, 0.2) is 0 Å². The highest BCUT2D eigenvalue weighted by molar-refractivity contribution is 7.20. The number of fused-ring (bicyclic) bond motifs is 1. The minimum atomic E-state index is -0.248. The van der Waals surface area contributed by atoms with Crippen molar-refractivity contribution in [3.05, 3.63) is 82.4 Å². The zero-order valence-electron chi connectivity index (χ0n) is 20.2. The number of amides is 1. The van der Waals surface area contributed by atoms with Gasteiger partial charge in [0, 0.05) is 56.4 Å². The lowest BCUT2D eigenvalue weighted by atomic mass is 10.0. The third-order valence-electron chi connectivity index (χ3n) is 6.90. The molecule has 4 aromatic rings. The predicted octanol–water partition coefficient (Wildman–Crippen LogP) is 4.77. The van der Waals surface area contributed by atoms with Crippen molar-refractivity contribution in [3.8, 4) is 0 Å². The highest BCUT2D eigenvalue weighted by Gasteiger charge is 2.27. The second-order valence-electron chi connectivity index (χ2n) is 9.26. The molecule has 1 saturated heterocycles. The van der Waals surface area contributed by atoms with Crippen molar-refractivity contribution in [2.24, 2.45) is 0 Å². The van der Waals surface area contributed by atoms with Gasteiger partial charge in [0.05, 0.1) is 17.1 Å². The average molecular weight is 492 g/mol. The molecule has 8 heteroatoms. The highest BCUT2D eigenvalue weighted by atomic mass is 32.1. The van der Waals surface area contributed by atoms with E-state index in [1.165, 1.54) is 23.5 Å². The SMILES string of the molecule is Cc1nn(Cc2ccc(F)cc2)c2sc(C(=O)N(C)C3CCN(CCc4ccccn4)CC3)cc12. The molecule has 0 N–H and O–H groups in total. The van der Waals surface area contributed by atoms with Crippen LogP contribution in [0, 0.1) is 12.7 Å². The van der Waals surface area contributed by atoms with Crippen LogP contribution in [0.5, 0.6) is 0 Å². The van der Waals surface area contributed by atoms with Gasteiger partial charge in [0.2, 0.25) is 0 Å². The lowest BCUT2D eigenvalue weighted by Crippen LogP contribution is -2.45. The van der Waals surface area contributed by atoms with Crippen molar-refractivity contribution in [1.29, 1.82) is 0 Å². The molecule has 1 aromatic carbocycles. The van der Waals surface area contributed by atoms with Gasteiger partial charge in [-0.1, -0.05) is 18.2 Å². The molecule has 0 radical (unpaired) electrons. The second kappa shape index (κ2) is 10.3. The Hall–Kier alpha value is -3.10. The van der Waals surface area contributed by atoms with Crippen LogP contribution in [-0.2, 0) is 13.0 Å². The van der Waals surface area contributed by atoms with Gasteiger partial charge in [-0.3, -0.25) is 14.5 Å². The average Bonchev–Trinajstić information content (AvgIpc) is 3.45. The van der Waals surface area contributed by atoms with E-state index in [1.807, 2.05) is 47.9 Å². The predicted molar refractivity (Wildman–Crippen MR) is 137 cm³/mol. The van der Waals surface area contributed by atoms with Crippen LogP contribution >= 0.6 is 11.3 Å². The number of aromatic nitrogens is 3. The Morgan fingerprint density at radius 1 is 1.17 bits per heavy atom. The molecule has 4 heterocycles. The van der Waals surface area contributed by atoms with E-state index in [-0.39, 0.29) is 17.8 Å². The molecular weight excluding hydrogens is 461 g/mol. The van der Waals surface area contributed by atoms with Gasteiger partial charge in [-0.15, -0.1) is 11.3 Å². The van der Waals surface area contributed by atoms with Crippen molar-refractivity contribution >= 4 is 27.5 Å². The van der Waals surface area contributed by atoms with E-state index in [4.69, 9.17) is 0 Å². The first-order chi connectivity index (χ1) is 17.0. The van der Waals surface area contributed by atoms with Gasteiger partial charge >= 0.3 is 0 Å². The smallest absolute Gasteiger partial charge is 0.264 e. The number of piperidine rings is 1. The first-order valence-electron chi connectivity index (χ1n) is 12.1. The van der Waals surface area contributed by atoms with Crippen LogP contribution < -0.4 is 0 Å². The summed E-state index contributed by atoms with van der Waals surface area (Å²) in [6.45, 7) is 5.50. The van der Waals surface area contributed by atoms with Gasteiger partial charge in [-0.25, -0.2) is 4.39 Å². The molecular formula is C27H30FN5OS. The zero-order chi connectivity index (χ0) is 24.4. The van der Waals surface area contributed by atoms with Gasteiger partial charge in [-0.2, -0.15) is 5.10 Å². The summed E-state index contributed by atoms with van der Waals surface area (Å²) in [6.07, 6.45) is 4.76. The third-order valence-corrected chi connectivity index (χ3v) is 8.04. The number of carbonyl (C=O) groups is 1. The van der Waals surface area contributed by atoms with E-state index < -0.39 is 0 Å². The molecule has 3 aromatic heterocycles. The number of halogens is 1. The number of hydrogen-bond donors (Lipinski definition) is 0. The Labute approximate surface area is 209 Å². The number of pyridine rings is 1. The van der Waals surface area contributed by atoms with E-state index in [1.54, 1.807) is 12.1 Å². The van der Waals surface area contributed by atoms with Crippen LogP contribution in [0.4, 0.5) is 4.39 Å². The number of carbonyl (C=O) groups excluding carboxylic acids is 1. The number of aryl methyl sites for hydroxylation is 1. The fraction of sp³-hybridized carbons (Fsp3) is 0.370. The van der Waals surface area contributed by atoms with Gasteiger partial charge in [0.25, 0.3) is 5.91 Å². The lowest BCUT2D eigenvalue weighted by Gasteiger charge is -2.36. The number of thiophene rings is 1. The molecule has 1 fully saturated rings. The molecule has 0 unspecified atom stereocenters. The molecule has 35 heavy (non-hydrogen) atoms. The number of rotatable bonds is 7. The minimum absolute atomic E-state index is 0.0749. The summed E-state index contributed by atoms with van der Waals surface area (Å²) >= 11 is 1.49. The number of hydrogen-bond acceptors (Lipinski definition) is 5. The van der Waals surface area contributed by atoms with Gasteiger partial charge < -0.3 is 9.80 Å². The summed E-state index contributed by atoms with van der Waals surface area (Å²) in [5.74, 6) is -0.174. The molecule has 0 atom stereocenters. The molecule has 0 aliphatic carbocycles. The van der Waals surface area contributed by atoms with Crippen molar-refractivity contribution in [2.45, 2.75) is 38.8 Å². The number of likely N-dealkylation sites (tertiary alicyclic amines) is 1. The third kappa shape index (κ3) is 5.28. The summed E-state index contributed by atoms with van der Waals surface area (Å²) in [5.41, 5.74) is 3.00. The maximum Gasteiger partial charge on any atom is 0.264 e. The molecule has 0 saturated carbocycles. The summed E-state index contributed by atoms with van der Waals surface area (Å²) in [4.78, 5) is 23.9. The van der Waals surface area contributed by atoms with Crippen LogP contribution in [0.15, 0.2) is 54.7 Å². The fourth-order valence-corrected chi connectivity index (χ4v) is 5.92. The van der Waals surface area contributed by atoms with Crippen LogP contribution in [-0.4, -0.2) is 63.2 Å². The van der Waals surface area contributed by atoms with Crippen LogP contribution in [0.3, 0.4) is 0 Å². The number of nitrogens with zero attached hydrogens (tertiary/aromatic N) is 5. The summed E-state index contributed by atoms with van der Waals surface area (Å²) < 4.78 is 15.2. The zero-order valence-corrected chi connectivity index (χ0v) is 21.0. The topological polar surface area (TPSA) is 54.3 Å². The Morgan fingerprint density at radius 3 is 2.66 bits per heavy atom. The van der Waals surface area contributed by atoms with Crippen LogP contribution in [0.1, 0.15) is 39.5 Å². The Bertz CT molecular complexity index is 1290. The lowest BCUT2D eigenvalue weighted by molar-refractivity contribution is 0.0648. The van der Waals surface area contributed by atoms with E-state index in [0.717, 1.165) is 70.9 Å². The molecule has 0 bridgehead atoms. The van der Waals surface area contributed by atoms with Crippen molar-refractivity contribution < 1.29 is 9.18 Å². The van der Waals surface area contributed by atoms with Crippen LogP contribution in [0.2, 0.25) is 0 Å². The molecule has 1 aliphatic rings. The minimum Gasteiger partial charge on any atom is -0.338 e. The second-order valence-corrected chi connectivity index (χ2v) is 10.3. The Morgan fingerprint density at radius 2 is 1.94 bits per heavy atom. The maximum atomic E-state index is 13.4. The van der Waals surface area contributed by atoms with E-state index in [2.05, 4.69) is 21.0 Å². The van der Waals surface area contributed by atoms with Gasteiger partial charge in [0.1, 0.15) is 10.6 Å². The highest BCUT2D eigenvalue weighted by Crippen LogP contribution is 2.30. The van der Waals surface area contributed by atoms with Crippen molar-refractivity contribution in [2.75, 3.05) is 26.7 Å². The fourth-order valence-electron chi connectivity index (χ4n) is 4.78. The Balaban J connectivity index is 1.21. The molecule has 0 spiro atoms. The molecule has 1 amide bonds. The van der Waals surface area contributed by atoms with E-state index in [9.17, 15) is 9.18 Å². The first kappa shape index (κ1) is 23.6. The first-order valence-corrected chi connectivity index (χ1v) is 12.9. The van der Waals surface area contributed by atoms with E-state index >= 15 is 0 Å². The molecule has 6 nitrogen and oxygen atoms in total. The quantitative estimate of drug-likeness (QED) is 0.374. The number of benzene rings is 1. The summed E-state index contributed by atoms with van der Waals surface area (Å²) in [5, 5.41) is 5.66. The largest absolute Gasteiger partial charge is 0.338 e. The summed E-state index contributed by atoms with van der Waals surface area (Å²) in [6, 6.07) is 14.7. The van der Waals surface area contributed by atoms with Crippen LogP contribution in [0.25, 0.3) is 10.2 Å². The normalized spacial score (nSPS) is 15.1. The van der Waals surface area contributed by atoms with Crippen molar-refractivity contribution in [3.63, 3.8) is 0 Å². The standard InChI is InChI=1S/C27H30FN5OS/c1-19-24-17-25(35-27(24)33(30-19)18-20-6-8-21(28)9-7-20)26(34)31(2)23-11-15-32(16-12-23)14-10-22-5-3-4-13-29-22/h3-9,13,17,23H,10-12,14-16,18H2,1-2H3. The molecule has 182 valence electrons. The molecule has 5 rings (SSSR count). The van der Waals surface area contributed by atoms with Gasteiger partial charge in [-0.05, 0) is 55.7 Å². The monoisotopic (exact) mass is 491 g/mol. The molecule has 1 aliphatic heterocycles. The van der Waals surface area contributed by atoms with E-state index in [0.29, 0.717) is 6.54 Å². The Kier molecular flexibility index (Phi) is 6.92. The summed E-state index contributed by atoms with van der Waals surface area (Å²) in [7, 11) is 1.93.